The predicted molar refractivity (Wildman–Crippen MR) is 92.0 cm³/mol. The third-order valence-electron chi connectivity index (χ3n) is 4.88. The SMILES string of the molecule is COc1ccccc1OC[C@H](O)CN1CCC2(CC1)CN(C)C(=O)O2. The number of methoxy groups -OCH3 is 1. The Balaban J connectivity index is 1.44. The number of ether oxygens (including phenoxy) is 3. The average Bonchev–Trinajstić information content (AvgIpc) is 2.89. The lowest BCUT2D eigenvalue weighted by Gasteiger charge is -2.38. The van der Waals surface area contributed by atoms with Gasteiger partial charge < -0.3 is 29.1 Å². The van der Waals surface area contributed by atoms with Crippen LogP contribution in [0.3, 0.4) is 0 Å². The second-order valence-corrected chi connectivity index (χ2v) is 6.82. The quantitative estimate of drug-likeness (QED) is 0.835. The summed E-state index contributed by atoms with van der Waals surface area (Å²) in [6.45, 7) is 2.99. The molecule has 7 heteroatoms. The van der Waals surface area contributed by atoms with Gasteiger partial charge in [0.05, 0.1) is 13.7 Å². The lowest BCUT2D eigenvalue weighted by atomic mass is 9.91. The van der Waals surface area contributed by atoms with Crippen LogP contribution in [-0.2, 0) is 4.74 Å². The zero-order valence-corrected chi connectivity index (χ0v) is 14.8. The van der Waals surface area contributed by atoms with Gasteiger partial charge in [-0.3, -0.25) is 0 Å². The normalized spacial score (nSPS) is 21.2. The van der Waals surface area contributed by atoms with Gasteiger partial charge in [-0.2, -0.15) is 0 Å². The largest absolute Gasteiger partial charge is 0.493 e. The molecule has 0 unspecified atom stereocenters. The Morgan fingerprint density at radius 1 is 1.28 bits per heavy atom. The number of benzene rings is 1. The average molecular weight is 350 g/mol. The van der Waals surface area contributed by atoms with Gasteiger partial charge in [-0.25, -0.2) is 4.79 Å². The first-order valence-electron chi connectivity index (χ1n) is 8.62. The molecule has 0 bridgehead atoms. The van der Waals surface area contributed by atoms with Crippen molar-refractivity contribution in [2.75, 3.05) is 46.9 Å². The highest BCUT2D eigenvalue weighted by atomic mass is 16.6. The molecule has 2 heterocycles. The van der Waals surface area contributed by atoms with Gasteiger partial charge in [0.15, 0.2) is 11.5 Å². The number of likely N-dealkylation sites (N-methyl/N-ethyl adjacent to an activating group) is 1. The van der Waals surface area contributed by atoms with Crippen molar-refractivity contribution in [1.82, 2.24) is 9.80 Å². The Morgan fingerprint density at radius 2 is 1.96 bits per heavy atom. The summed E-state index contributed by atoms with van der Waals surface area (Å²) >= 11 is 0. The van der Waals surface area contributed by atoms with Gasteiger partial charge in [0, 0.05) is 39.5 Å². The number of rotatable bonds is 6. The summed E-state index contributed by atoms with van der Waals surface area (Å²) in [5, 5.41) is 10.3. The molecule has 1 aromatic rings. The summed E-state index contributed by atoms with van der Waals surface area (Å²) in [7, 11) is 3.36. The van der Waals surface area contributed by atoms with E-state index in [4.69, 9.17) is 14.2 Å². The molecule has 25 heavy (non-hydrogen) atoms. The van der Waals surface area contributed by atoms with Crippen molar-refractivity contribution in [3.8, 4) is 11.5 Å². The second kappa shape index (κ2) is 7.49. The molecule has 1 spiro atoms. The van der Waals surface area contributed by atoms with E-state index < -0.39 is 6.10 Å². The van der Waals surface area contributed by atoms with Gasteiger partial charge in [-0.1, -0.05) is 12.1 Å². The van der Waals surface area contributed by atoms with Crippen molar-refractivity contribution in [1.29, 1.82) is 0 Å². The van der Waals surface area contributed by atoms with Crippen LogP contribution in [0.5, 0.6) is 11.5 Å². The zero-order chi connectivity index (χ0) is 17.9. The molecule has 2 aliphatic rings. The van der Waals surface area contributed by atoms with Crippen molar-refractivity contribution in [2.45, 2.75) is 24.5 Å². The second-order valence-electron chi connectivity index (χ2n) is 6.82. The minimum absolute atomic E-state index is 0.208. The zero-order valence-electron chi connectivity index (χ0n) is 14.8. The van der Waals surface area contributed by atoms with Crippen molar-refractivity contribution in [3.63, 3.8) is 0 Å². The van der Waals surface area contributed by atoms with E-state index >= 15 is 0 Å². The van der Waals surface area contributed by atoms with Gasteiger partial charge in [-0.05, 0) is 12.1 Å². The summed E-state index contributed by atoms with van der Waals surface area (Å²) in [6, 6.07) is 7.39. The molecule has 1 atom stereocenters. The molecule has 2 saturated heterocycles. The topological polar surface area (TPSA) is 71.5 Å². The van der Waals surface area contributed by atoms with E-state index in [1.165, 1.54) is 0 Å². The molecule has 1 aromatic carbocycles. The lowest BCUT2D eigenvalue weighted by Crippen LogP contribution is -2.49. The van der Waals surface area contributed by atoms with E-state index in [1.54, 1.807) is 19.1 Å². The predicted octanol–water partition coefficient (Wildman–Crippen LogP) is 1.35. The fraction of sp³-hybridized carbons (Fsp3) is 0.611. The molecule has 138 valence electrons. The van der Waals surface area contributed by atoms with Crippen molar-refractivity contribution < 1.29 is 24.1 Å². The van der Waals surface area contributed by atoms with Gasteiger partial charge in [0.1, 0.15) is 18.3 Å². The summed E-state index contributed by atoms with van der Waals surface area (Å²) in [6.07, 6.45) is 0.762. The Hall–Kier alpha value is -1.99. The highest BCUT2D eigenvalue weighted by molar-refractivity contribution is 5.70. The van der Waals surface area contributed by atoms with Crippen LogP contribution in [-0.4, -0.2) is 79.6 Å². The lowest BCUT2D eigenvalue weighted by molar-refractivity contribution is -0.0145. The van der Waals surface area contributed by atoms with Gasteiger partial charge in [0.2, 0.25) is 0 Å². The smallest absolute Gasteiger partial charge is 0.410 e. The molecule has 0 radical (unpaired) electrons. The Labute approximate surface area is 148 Å². The van der Waals surface area contributed by atoms with Crippen molar-refractivity contribution in [3.05, 3.63) is 24.3 Å². The Kier molecular flexibility index (Phi) is 5.34. The number of carbonyl (C=O) groups is 1. The van der Waals surface area contributed by atoms with Gasteiger partial charge in [0.25, 0.3) is 0 Å². The van der Waals surface area contributed by atoms with E-state index in [9.17, 15) is 9.90 Å². The number of hydrogen-bond donors (Lipinski definition) is 1. The molecular formula is C18H26N2O5. The van der Waals surface area contributed by atoms with Crippen LogP contribution in [0.2, 0.25) is 0 Å². The maximum atomic E-state index is 11.6. The number of piperidine rings is 1. The first-order chi connectivity index (χ1) is 12.0. The molecule has 2 aliphatic heterocycles. The van der Waals surface area contributed by atoms with Crippen LogP contribution < -0.4 is 9.47 Å². The minimum atomic E-state index is -0.590. The fourth-order valence-corrected chi connectivity index (χ4v) is 3.47. The highest BCUT2D eigenvalue weighted by Gasteiger charge is 2.45. The molecular weight excluding hydrogens is 324 g/mol. The summed E-state index contributed by atoms with van der Waals surface area (Å²) in [5.41, 5.74) is -0.346. The number of aliphatic hydroxyl groups is 1. The van der Waals surface area contributed by atoms with E-state index in [2.05, 4.69) is 4.90 Å². The first kappa shape index (κ1) is 17.8. The number of β-amino-alcohol motifs (C(OH)–C–C–N with tert-alkyl or cyclic N) is 1. The maximum Gasteiger partial charge on any atom is 0.410 e. The Morgan fingerprint density at radius 3 is 2.56 bits per heavy atom. The number of para-hydroxylation sites is 2. The molecule has 0 aliphatic carbocycles. The summed E-state index contributed by atoms with van der Waals surface area (Å²) in [5.74, 6) is 1.28. The van der Waals surface area contributed by atoms with Crippen LogP contribution >= 0.6 is 0 Å². The summed E-state index contributed by atoms with van der Waals surface area (Å²) in [4.78, 5) is 15.4. The molecule has 0 saturated carbocycles. The highest BCUT2D eigenvalue weighted by Crippen LogP contribution is 2.32. The van der Waals surface area contributed by atoms with Crippen LogP contribution in [0.15, 0.2) is 24.3 Å². The number of carbonyl (C=O) groups excluding carboxylic acids is 1. The number of hydrogen-bond acceptors (Lipinski definition) is 6. The Bertz CT molecular complexity index is 601. The number of nitrogens with zero attached hydrogens (tertiary/aromatic N) is 2. The molecule has 2 fully saturated rings. The van der Waals surface area contributed by atoms with E-state index in [0.717, 1.165) is 25.9 Å². The monoisotopic (exact) mass is 350 g/mol. The van der Waals surface area contributed by atoms with Crippen molar-refractivity contribution in [2.24, 2.45) is 0 Å². The van der Waals surface area contributed by atoms with Crippen LogP contribution in [0.1, 0.15) is 12.8 Å². The standard InChI is InChI=1S/C18H26N2O5/c1-19-13-18(25-17(19)22)7-9-20(10-8-18)11-14(21)12-24-16-6-4-3-5-15(16)23-2/h3-6,14,21H,7-13H2,1-2H3/t14-/m1/s1. The van der Waals surface area contributed by atoms with Gasteiger partial charge >= 0.3 is 6.09 Å². The maximum absolute atomic E-state index is 11.6. The van der Waals surface area contributed by atoms with E-state index in [1.807, 2.05) is 24.3 Å². The number of aliphatic hydroxyl groups excluding tert-OH is 1. The number of amides is 1. The van der Waals surface area contributed by atoms with E-state index in [-0.39, 0.29) is 18.3 Å². The van der Waals surface area contributed by atoms with Crippen molar-refractivity contribution >= 4 is 6.09 Å². The van der Waals surface area contributed by atoms with Crippen LogP contribution in [0.4, 0.5) is 4.79 Å². The molecule has 1 amide bonds. The van der Waals surface area contributed by atoms with Crippen LogP contribution in [0, 0.1) is 0 Å². The molecule has 3 rings (SSSR count). The third-order valence-corrected chi connectivity index (χ3v) is 4.88. The molecule has 1 N–H and O–H groups in total. The van der Waals surface area contributed by atoms with Crippen LogP contribution in [0.25, 0.3) is 0 Å². The number of likely N-dealkylation sites (tertiary alicyclic amines) is 1. The summed E-state index contributed by atoms with van der Waals surface area (Å²) < 4.78 is 16.5. The molecule has 7 nitrogen and oxygen atoms in total. The van der Waals surface area contributed by atoms with Gasteiger partial charge in [-0.15, -0.1) is 0 Å². The molecule has 0 aromatic heterocycles. The first-order valence-corrected chi connectivity index (χ1v) is 8.62. The van der Waals surface area contributed by atoms with E-state index in [0.29, 0.717) is 24.6 Å². The third kappa shape index (κ3) is 4.16. The minimum Gasteiger partial charge on any atom is -0.493 e. The fourth-order valence-electron chi connectivity index (χ4n) is 3.47.